The minimum atomic E-state index is -3.72. The van der Waals surface area contributed by atoms with Crippen LogP contribution in [-0.4, -0.2) is 78.6 Å². The van der Waals surface area contributed by atoms with Crippen molar-refractivity contribution in [1.29, 1.82) is 0 Å². The van der Waals surface area contributed by atoms with Crippen LogP contribution in [0.25, 0.3) is 10.9 Å². The number of sulfonamides is 1. The number of hydrogen-bond donors (Lipinski definition) is 5. The number of carboxylic acid groups (broad SMARTS) is 1. The maximum Gasteiger partial charge on any atom is 0.322 e. The number of carbonyl (C=O) groups is 3. The summed E-state index contributed by atoms with van der Waals surface area (Å²) in [6, 6.07) is 24.2. The van der Waals surface area contributed by atoms with Gasteiger partial charge in [0.1, 0.15) is 17.9 Å². The summed E-state index contributed by atoms with van der Waals surface area (Å²) in [6.45, 7) is 7.59. The molecule has 0 bridgehead atoms. The maximum atomic E-state index is 13.3. The topological polar surface area (TPSA) is 204 Å². The second-order valence-corrected chi connectivity index (χ2v) is 23.0. The van der Waals surface area contributed by atoms with E-state index in [1.807, 2.05) is 39.0 Å². The monoisotopic (exact) mass is 1050 g/mol. The van der Waals surface area contributed by atoms with Crippen molar-refractivity contribution in [3.05, 3.63) is 124 Å². The highest BCUT2D eigenvalue weighted by Crippen LogP contribution is 2.39. The third-order valence-electron chi connectivity index (χ3n) is 14.2. The van der Waals surface area contributed by atoms with Gasteiger partial charge in [-0.25, -0.2) is 8.42 Å². The van der Waals surface area contributed by atoms with Gasteiger partial charge < -0.3 is 35.3 Å². The number of aromatic hydroxyl groups is 1. The lowest BCUT2D eigenvalue weighted by Crippen LogP contribution is -2.37. The Morgan fingerprint density at radius 1 is 0.693 bits per heavy atom. The van der Waals surface area contributed by atoms with Gasteiger partial charge in [-0.05, 0) is 103 Å². The Hall–Kier alpha value is -6.19. The lowest BCUT2D eigenvalue weighted by molar-refractivity contribution is -0.135. The van der Waals surface area contributed by atoms with Crippen LogP contribution in [0.3, 0.4) is 0 Å². The smallest absolute Gasteiger partial charge is 0.322 e. The van der Waals surface area contributed by atoms with Crippen LogP contribution < -0.4 is 25.5 Å². The van der Waals surface area contributed by atoms with E-state index in [2.05, 4.69) is 27.8 Å². The first-order valence-electron chi connectivity index (χ1n) is 27.4. The number of pyridine rings is 1. The molecule has 1 saturated heterocycles. The number of piperidine rings is 1. The van der Waals surface area contributed by atoms with Gasteiger partial charge in [-0.2, -0.15) is 4.31 Å². The van der Waals surface area contributed by atoms with Crippen molar-refractivity contribution in [2.75, 3.05) is 38.2 Å². The molecule has 15 heteroatoms. The molecule has 0 radical (unpaired) electrons. The molecule has 14 nitrogen and oxygen atoms in total. The van der Waals surface area contributed by atoms with Crippen LogP contribution in [-0.2, 0) is 20.2 Å². The molecule has 5 N–H and O–H groups in total. The summed E-state index contributed by atoms with van der Waals surface area (Å²) in [7, 11) is -3.72. The Balaban J connectivity index is 0.717. The van der Waals surface area contributed by atoms with Crippen LogP contribution in [0.15, 0.2) is 101 Å². The van der Waals surface area contributed by atoms with E-state index < -0.39 is 34.4 Å². The predicted molar refractivity (Wildman–Crippen MR) is 297 cm³/mol. The summed E-state index contributed by atoms with van der Waals surface area (Å²) in [6.07, 6.45) is 25.1. The molecule has 1 fully saturated rings. The molecule has 6 rings (SSSR count). The Kier molecular flexibility index (Phi) is 22.6. The van der Waals surface area contributed by atoms with Gasteiger partial charge in [-0.1, -0.05) is 148 Å². The first kappa shape index (κ1) is 58.1. The zero-order valence-corrected chi connectivity index (χ0v) is 45.2. The summed E-state index contributed by atoms with van der Waals surface area (Å²) in [5.41, 5.74) is 2.57. The first-order valence-corrected chi connectivity index (χ1v) is 28.8. The maximum absolute atomic E-state index is 13.3. The van der Waals surface area contributed by atoms with Crippen molar-refractivity contribution in [1.82, 2.24) is 14.6 Å². The molecular formula is C60H80N4O10S. The van der Waals surface area contributed by atoms with E-state index in [1.165, 1.54) is 143 Å². The average molecular weight is 1050 g/mol. The minimum Gasteiger partial charge on any atom is -0.504 e. The number of carboxylic acids is 1. The van der Waals surface area contributed by atoms with Gasteiger partial charge in [-0.3, -0.25) is 19.2 Å². The zero-order chi connectivity index (χ0) is 53.6. The summed E-state index contributed by atoms with van der Waals surface area (Å²) in [5.74, 6) is -0.812. The third-order valence-corrected chi connectivity index (χ3v) is 16.1. The first-order chi connectivity index (χ1) is 36.1. The highest BCUT2D eigenvalue weighted by atomic mass is 32.2. The number of nitrogens with zero attached hydrogens (tertiary/aromatic N) is 1. The number of phenols is 1. The van der Waals surface area contributed by atoms with Crippen molar-refractivity contribution in [3.8, 4) is 17.2 Å². The number of nitrogens with one attached hydrogen (secondary N) is 3. The van der Waals surface area contributed by atoms with Crippen LogP contribution in [0.1, 0.15) is 187 Å². The van der Waals surface area contributed by atoms with E-state index in [9.17, 15) is 32.7 Å². The summed E-state index contributed by atoms with van der Waals surface area (Å²) >= 11 is 0. The standard InChI is InChI=1S/C60H80N4O10S/c1-60(2,3)51-40-55(54(65)41-53(51)63-59(70)50-42-61-52-25-21-20-24-49(52)57(50)68)74-39-23-19-17-15-13-11-9-7-5-4-6-8-10-12-14-16-18-22-38-73-47-30-26-44(27-31-47)45-34-36-64(37-35-45)75(71,72)48-32-28-46(29-33-48)58(69)62-43-56(66)67/h20-21,24-33,40-42,45,65H,4-19,22-23,34-39,43H2,1-3H3,(H,61,68)(H,62,69)(H,63,70)(H,66,67). The fourth-order valence-corrected chi connectivity index (χ4v) is 11.3. The number of aromatic amines is 1. The quantitative estimate of drug-likeness (QED) is 0.0266. The minimum absolute atomic E-state index is 0.00370. The molecular weight excluding hydrogens is 969 g/mol. The lowest BCUT2D eigenvalue weighted by atomic mass is 9.85. The van der Waals surface area contributed by atoms with Crippen LogP contribution in [0.2, 0.25) is 0 Å². The SMILES string of the molecule is CC(C)(C)c1cc(OCCCCCCCCCCCCCCCCCCCCOc2ccc(C3CCN(S(=O)(=O)c4ccc(C(=O)NCC(=O)O)cc4)CC3)cc2)c(O)cc1NC(=O)c1c[nH]c2ccccc2c1=O. The molecule has 1 aromatic heterocycles. The zero-order valence-electron chi connectivity index (χ0n) is 44.4. The van der Waals surface area contributed by atoms with Crippen molar-refractivity contribution < 1.29 is 42.5 Å². The largest absolute Gasteiger partial charge is 0.504 e. The van der Waals surface area contributed by atoms with Gasteiger partial charge in [0, 0.05) is 47.5 Å². The Morgan fingerprint density at radius 2 is 1.23 bits per heavy atom. The normalized spacial score (nSPS) is 13.4. The lowest BCUT2D eigenvalue weighted by Gasteiger charge is -2.31. The van der Waals surface area contributed by atoms with E-state index >= 15 is 0 Å². The summed E-state index contributed by atoms with van der Waals surface area (Å²) in [4.78, 5) is 52.3. The van der Waals surface area contributed by atoms with Gasteiger partial charge in [0.15, 0.2) is 11.5 Å². The number of unbranched alkanes of at least 4 members (excludes halogenated alkanes) is 17. The Labute approximate surface area is 444 Å². The highest BCUT2D eigenvalue weighted by Gasteiger charge is 2.30. The number of ether oxygens (including phenoxy) is 2. The number of hydrogen-bond acceptors (Lipinski definition) is 9. The molecule has 5 aromatic rings. The number of aromatic nitrogens is 1. The molecule has 2 amide bonds. The molecule has 0 atom stereocenters. The van der Waals surface area contributed by atoms with Gasteiger partial charge >= 0.3 is 5.97 Å². The molecule has 0 unspecified atom stereocenters. The molecule has 2 heterocycles. The Morgan fingerprint density at radius 3 is 1.77 bits per heavy atom. The predicted octanol–water partition coefficient (Wildman–Crippen LogP) is 12.6. The molecule has 0 aliphatic carbocycles. The highest BCUT2D eigenvalue weighted by molar-refractivity contribution is 7.89. The van der Waals surface area contributed by atoms with E-state index in [0.29, 0.717) is 61.5 Å². The van der Waals surface area contributed by atoms with Crippen LogP contribution >= 0.6 is 0 Å². The molecule has 0 spiro atoms. The number of amides is 2. The van der Waals surface area contributed by atoms with E-state index in [0.717, 1.165) is 30.6 Å². The number of phenolic OH excluding ortho intramolecular Hbond substituents is 1. The van der Waals surface area contributed by atoms with Crippen LogP contribution in [0, 0.1) is 0 Å². The number of carbonyl (C=O) groups excluding carboxylic acids is 2. The fraction of sp³-hybridized carbons (Fsp3) is 0.500. The number of rotatable bonds is 31. The fourth-order valence-electron chi connectivity index (χ4n) is 9.79. The summed E-state index contributed by atoms with van der Waals surface area (Å²) < 4.78 is 40.1. The molecule has 75 heavy (non-hydrogen) atoms. The third kappa shape index (κ3) is 18.0. The number of fused-ring (bicyclic) bond motifs is 1. The van der Waals surface area contributed by atoms with Gasteiger partial charge in [-0.15, -0.1) is 0 Å². The van der Waals surface area contributed by atoms with Crippen molar-refractivity contribution in [2.45, 2.75) is 165 Å². The van der Waals surface area contributed by atoms with E-state index in [4.69, 9.17) is 14.6 Å². The van der Waals surface area contributed by atoms with Crippen molar-refractivity contribution in [3.63, 3.8) is 0 Å². The van der Waals surface area contributed by atoms with Crippen molar-refractivity contribution >= 4 is 44.4 Å². The number of para-hydroxylation sites is 1. The summed E-state index contributed by atoms with van der Waals surface area (Å²) in [5, 5.41) is 25.2. The van der Waals surface area contributed by atoms with Gasteiger partial charge in [0.2, 0.25) is 15.5 Å². The number of anilines is 1. The number of H-pyrrole nitrogens is 1. The Bertz CT molecular complexity index is 2780. The number of aliphatic carboxylic acids is 1. The van der Waals surface area contributed by atoms with Gasteiger partial charge in [0.25, 0.3) is 11.8 Å². The van der Waals surface area contributed by atoms with E-state index in [-0.39, 0.29) is 38.5 Å². The molecule has 406 valence electrons. The van der Waals surface area contributed by atoms with Crippen molar-refractivity contribution in [2.24, 2.45) is 0 Å². The molecule has 4 aromatic carbocycles. The van der Waals surface area contributed by atoms with Gasteiger partial charge in [0.05, 0.1) is 18.1 Å². The second-order valence-electron chi connectivity index (χ2n) is 21.1. The number of benzene rings is 4. The second kappa shape index (κ2) is 29.2. The van der Waals surface area contributed by atoms with Crippen LogP contribution in [0.5, 0.6) is 17.2 Å². The van der Waals surface area contributed by atoms with Crippen LogP contribution in [0.4, 0.5) is 5.69 Å². The molecule has 1 aliphatic heterocycles. The molecule has 1 aliphatic rings. The molecule has 0 saturated carbocycles. The average Bonchev–Trinajstić information content (AvgIpc) is 3.40. The van der Waals surface area contributed by atoms with E-state index in [1.54, 1.807) is 24.3 Å².